The number of nitriles is 2. The van der Waals surface area contributed by atoms with Gasteiger partial charge in [-0.05, 0) is 38.8 Å². The molecule has 1 unspecified atom stereocenters. The lowest BCUT2D eigenvalue weighted by molar-refractivity contribution is -0.137. The fourth-order valence-electron chi connectivity index (χ4n) is 5.17. The third-order valence-electron chi connectivity index (χ3n) is 7.43. The quantitative estimate of drug-likeness (QED) is 0.217. The lowest BCUT2D eigenvalue weighted by atomic mass is 10.0. The topological polar surface area (TPSA) is 142 Å². The Hall–Kier alpha value is -4.89. The van der Waals surface area contributed by atoms with E-state index in [1.54, 1.807) is 24.1 Å². The van der Waals surface area contributed by atoms with Crippen LogP contribution in [0.25, 0.3) is 16.8 Å². The zero-order valence-corrected chi connectivity index (χ0v) is 23.8. The zero-order valence-electron chi connectivity index (χ0n) is 23.8. The highest BCUT2D eigenvalue weighted by Crippen LogP contribution is 2.37. The van der Waals surface area contributed by atoms with Crippen LogP contribution in [-0.2, 0) is 10.9 Å². The molecule has 0 aromatic carbocycles. The molecule has 5 heterocycles. The summed E-state index contributed by atoms with van der Waals surface area (Å²) in [5.74, 6) is 0.454. The Morgan fingerprint density at radius 1 is 1.19 bits per heavy atom. The Morgan fingerprint density at radius 2 is 1.95 bits per heavy atom. The first kappa shape index (κ1) is 29.6. The maximum Gasteiger partial charge on any atom is 0.417 e. The van der Waals surface area contributed by atoms with Crippen molar-refractivity contribution in [1.29, 1.82) is 10.5 Å². The van der Waals surface area contributed by atoms with Crippen LogP contribution in [0.2, 0.25) is 0 Å². The van der Waals surface area contributed by atoms with E-state index < -0.39 is 17.8 Å². The Kier molecular flexibility index (Phi) is 8.36. The van der Waals surface area contributed by atoms with Crippen LogP contribution in [0.5, 0.6) is 5.75 Å². The van der Waals surface area contributed by atoms with E-state index in [0.717, 1.165) is 30.8 Å². The number of methoxy groups -OCH3 is 1. The summed E-state index contributed by atoms with van der Waals surface area (Å²) >= 11 is 0. The van der Waals surface area contributed by atoms with Crippen molar-refractivity contribution in [3.8, 4) is 29.3 Å². The highest BCUT2D eigenvalue weighted by atomic mass is 19.4. The molecule has 15 heteroatoms. The van der Waals surface area contributed by atoms with Gasteiger partial charge in [0.05, 0.1) is 30.1 Å². The lowest BCUT2D eigenvalue weighted by Crippen LogP contribution is -2.31. The number of ether oxygens (including phenoxy) is 2. The number of likely N-dealkylation sites (tertiary alicyclic amines) is 1. The Labute approximate surface area is 245 Å². The minimum Gasteiger partial charge on any atom is -0.484 e. The van der Waals surface area contributed by atoms with E-state index in [2.05, 4.69) is 38.0 Å². The molecule has 224 valence electrons. The summed E-state index contributed by atoms with van der Waals surface area (Å²) in [4.78, 5) is 5.73. The first-order valence-corrected chi connectivity index (χ1v) is 13.6. The third-order valence-corrected chi connectivity index (χ3v) is 7.43. The molecule has 0 amide bonds. The second-order valence-electron chi connectivity index (χ2n) is 10.2. The standard InChI is InChI=1S/C28H29F3N10O2/c1-17-25(37-38-41(17)22-4-7-39(16-33)8-5-22)19-10-24(26-20(12-32)13-36-40(26)15-19)43-18(2)23-11-21(28(29,30)31)14-35-27(23)34-6-9-42-3/h10-11,13-15,18,22H,4-9H2,1-3H3,(H,34,35). The lowest BCUT2D eigenvalue weighted by Gasteiger charge is -2.28. The zero-order chi connectivity index (χ0) is 30.7. The summed E-state index contributed by atoms with van der Waals surface area (Å²) in [5, 5.41) is 35.0. The molecular weight excluding hydrogens is 565 g/mol. The predicted octanol–water partition coefficient (Wildman–Crippen LogP) is 4.50. The molecule has 5 rings (SSSR count). The molecule has 1 aliphatic rings. The van der Waals surface area contributed by atoms with Gasteiger partial charge in [-0.1, -0.05) is 5.21 Å². The summed E-state index contributed by atoms with van der Waals surface area (Å²) in [7, 11) is 1.52. The molecule has 43 heavy (non-hydrogen) atoms. The number of hydrogen-bond acceptors (Lipinski definition) is 10. The maximum absolute atomic E-state index is 13.6. The smallest absolute Gasteiger partial charge is 0.417 e. The Morgan fingerprint density at radius 3 is 2.63 bits per heavy atom. The van der Waals surface area contributed by atoms with Crippen molar-refractivity contribution >= 4 is 11.3 Å². The number of pyridine rings is 2. The van der Waals surface area contributed by atoms with E-state index in [-0.39, 0.29) is 28.7 Å². The van der Waals surface area contributed by atoms with Crippen molar-refractivity contribution in [3.63, 3.8) is 0 Å². The molecule has 1 atom stereocenters. The predicted molar refractivity (Wildman–Crippen MR) is 148 cm³/mol. The Balaban J connectivity index is 1.52. The molecule has 1 aliphatic heterocycles. The summed E-state index contributed by atoms with van der Waals surface area (Å²) in [5.41, 5.74) is 1.83. The largest absolute Gasteiger partial charge is 0.484 e. The number of fused-ring (bicyclic) bond motifs is 1. The number of piperidine rings is 1. The third kappa shape index (κ3) is 6.03. The van der Waals surface area contributed by atoms with Crippen LogP contribution in [0.15, 0.2) is 30.7 Å². The molecule has 0 spiro atoms. The van der Waals surface area contributed by atoms with Gasteiger partial charge < -0.3 is 19.7 Å². The number of rotatable bonds is 9. The molecule has 0 bridgehead atoms. The van der Waals surface area contributed by atoms with Crippen molar-refractivity contribution in [2.24, 2.45) is 0 Å². The Bertz CT molecular complexity index is 1690. The second kappa shape index (κ2) is 12.1. The second-order valence-corrected chi connectivity index (χ2v) is 10.2. The monoisotopic (exact) mass is 594 g/mol. The number of alkyl halides is 3. The first-order valence-electron chi connectivity index (χ1n) is 13.6. The summed E-state index contributed by atoms with van der Waals surface area (Å²) in [6.45, 7) is 5.41. The molecule has 4 aromatic heterocycles. The van der Waals surface area contributed by atoms with Crippen LogP contribution in [0, 0.1) is 29.7 Å². The van der Waals surface area contributed by atoms with E-state index in [1.165, 1.54) is 17.8 Å². The number of nitrogens with one attached hydrogen (secondary N) is 1. The molecule has 1 saturated heterocycles. The van der Waals surface area contributed by atoms with Gasteiger partial charge in [-0.15, -0.1) is 5.10 Å². The minimum absolute atomic E-state index is 0.0812. The molecule has 1 N–H and O–H groups in total. The van der Waals surface area contributed by atoms with E-state index in [9.17, 15) is 23.7 Å². The summed E-state index contributed by atoms with van der Waals surface area (Å²) in [6, 6.07) is 4.87. The fraction of sp³-hybridized carbons (Fsp3) is 0.429. The molecule has 4 aromatic rings. The van der Waals surface area contributed by atoms with Crippen molar-refractivity contribution in [2.45, 2.75) is 45.0 Å². The highest BCUT2D eigenvalue weighted by Gasteiger charge is 2.33. The van der Waals surface area contributed by atoms with Gasteiger partial charge in [-0.2, -0.15) is 28.8 Å². The van der Waals surface area contributed by atoms with Gasteiger partial charge in [-0.25, -0.2) is 14.2 Å². The van der Waals surface area contributed by atoms with Crippen molar-refractivity contribution < 1.29 is 22.6 Å². The average molecular weight is 595 g/mol. The SMILES string of the molecule is COCCNc1ncc(C(F)(F)F)cc1C(C)Oc1cc(-c2nnn(C3CCN(C#N)CC3)c2C)cn2ncc(C#N)c12. The molecule has 0 aliphatic carbocycles. The number of nitrogens with zero attached hydrogens (tertiary/aromatic N) is 9. The molecular formula is C28H29F3N10O2. The summed E-state index contributed by atoms with van der Waals surface area (Å²) in [6.07, 6.45) is 2.03. The molecule has 0 saturated carbocycles. The van der Waals surface area contributed by atoms with Crippen LogP contribution in [0.4, 0.5) is 19.0 Å². The van der Waals surface area contributed by atoms with E-state index in [4.69, 9.17) is 9.47 Å². The maximum atomic E-state index is 13.6. The number of anilines is 1. The van der Waals surface area contributed by atoms with Gasteiger partial charge in [0.2, 0.25) is 0 Å². The van der Waals surface area contributed by atoms with Gasteiger partial charge in [0.25, 0.3) is 0 Å². The highest BCUT2D eigenvalue weighted by molar-refractivity contribution is 5.75. The van der Waals surface area contributed by atoms with E-state index >= 15 is 0 Å². The van der Waals surface area contributed by atoms with E-state index in [1.807, 2.05) is 11.6 Å². The van der Waals surface area contributed by atoms with Gasteiger partial charge in [0, 0.05) is 50.3 Å². The van der Waals surface area contributed by atoms with Gasteiger partial charge >= 0.3 is 6.18 Å². The van der Waals surface area contributed by atoms with Gasteiger partial charge in [-0.3, -0.25) is 0 Å². The number of hydrogen-bond donors (Lipinski definition) is 1. The van der Waals surface area contributed by atoms with Crippen LogP contribution >= 0.6 is 0 Å². The number of halogens is 3. The van der Waals surface area contributed by atoms with E-state index in [0.29, 0.717) is 43.0 Å². The average Bonchev–Trinajstić information content (AvgIpc) is 3.60. The van der Waals surface area contributed by atoms with Crippen molar-refractivity contribution in [1.82, 2.24) is 34.5 Å². The van der Waals surface area contributed by atoms with Gasteiger partial charge in [0.15, 0.2) is 6.19 Å². The van der Waals surface area contributed by atoms with Crippen LogP contribution in [-0.4, -0.2) is 67.8 Å². The fourth-order valence-corrected chi connectivity index (χ4v) is 5.17. The molecule has 12 nitrogen and oxygen atoms in total. The minimum atomic E-state index is -4.60. The van der Waals surface area contributed by atoms with Crippen LogP contribution in [0.1, 0.15) is 54.3 Å². The first-order chi connectivity index (χ1) is 20.6. The number of aromatic nitrogens is 6. The van der Waals surface area contributed by atoms with Crippen molar-refractivity contribution in [3.05, 3.63) is 53.1 Å². The van der Waals surface area contributed by atoms with Crippen molar-refractivity contribution in [2.75, 3.05) is 38.7 Å². The normalized spacial score (nSPS) is 14.8. The molecule has 1 fully saturated rings. The van der Waals surface area contributed by atoms with Gasteiger partial charge in [0.1, 0.15) is 40.5 Å². The van der Waals surface area contributed by atoms with Crippen LogP contribution in [0.3, 0.4) is 0 Å². The molecule has 0 radical (unpaired) electrons. The van der Waals surface area contributed by atoms with Crippen LogP contribution < -0.4 is 10.1 Å². The summed E-state index contributed by atoms with van der Waals surface area (Å²) < 4.78 is 55.5.